The Labute approximate surface area is 171 Å². The number of carbonyl (C=O) groups is 1. The minimum atomic E-state index is 0.117. The van der Waals surface area contributed by atoms with Crippen LogP contribution in [0.5, 0.6) is 0 Å². The molecule has 1 fully saturated rings. The van der Waals surface area contributed by atoms with Crippen molar-refractivity contribution in [3.63, 3.8) is 0 Å². The Kier molecular flexibility index (Phi) is 7.77. The highest BCUT2D eigenvalue weighted by atomic mass is 32.2. The molecule has 1 aromatic carbocycles. The van der Waals surface area contributed by atoms with Crippen molar-refractivity contribution in [2.75, 3.05) is 23.7 Å². The standard InChI is InChI=1S/C21H30N4O2S/c1-3-25(4-2)18-12-10-16(11-13-18)20-23-24-21(27-20)28-15-14-19(26)22-17-8-6-5-7-9-17/h10-13,17H,3-9,14-15H2,1-2H3,(H,22,26). The summed E-state index contributed by atoms with van der Waals surface area (Å²) in [5, 5.41) is 11.9. The number of benzene rings is 1. The van der Waals surface area contributed by atoms with Gasteiger partial charge in [0.25, 0.3) is 5.22 Å². The predicted molar refractivity (Wildman–Crippen MR) is 114 cm³/mol. The number of thioether (sulfide) groups is 1. The van der Waals surface area contributed by atoms with Crippen LogP contribution >= 0.6 is 11.8 Å². The smallest absolute Gasteiger partial charge is 0.276 e. The van der Waals surface area contributed by atoms with Gasteiger partial charge in [0.1, 0.15) is 0 Å². The average molecular weight is 403 g/mol. The lowest BCUT2D eigenvalue weighted by molar-refractivity contribution is -0.121. The summed E-state index contributed by atoms with van der Waals surface area (Å²) in [7, 11) is 0. The van der Waals surface area contributed by atoms with Crippen LogP contribution < -0.4 is 10.2 Å². The molecule has 0 saturated heterocycles. The Morgan fingerprint density at radius 3 is 2.54 bits per heavy atom. The molecule has 1 aromatic heterocycles. The number of amides is 1. The second-order valence-corrected chi connectivity index (χ2v) is 8.14. The summed E-state index contributed by atoms with van der Waals surface area (Å²) in [5.74, 6) is 1.27. The molecule has 6 nitrogen and oxygen atoms in total. The Morgan fingerprint density at radius 2 is 1.86 bits per heavy atom. The molecule has 1 aliphatic carbocycles. The van der Waals surface area contributed by atoms with Gasteiger partial charge in [0.2, 0.25) is 11.8 Å². The second kappa shape index (κ2) is 10.5. The van der Waals surface area contributed by atoms with Crippen LogP contribution in [0.25, 0.3) is 11.5 Å². The minimum absolute atomic E-state index is 0.117. The third kappa shape index (κ3) is 5.74. The first-order valence-electron chi connectivity index (χ1n) is 10.3. The van der Waals surface area contributed by atoms with Gasteiger partial charge in [-0.1, -0.05) is 31.0 Å². The van der Waals surface area contributed by atoms with E-state index in [9.17, 15) is 4.79 Å². The summed E-state index contributed by atoms with van der Waals surface area (Å²) in [5.41, 5.74) is 2.09. The van der Waals surface area contributed by atoms with Gasteiger partial charge in [-0.25, -0.2) is 0 Å². The summed E-state index contributed by atoms with van der Waals surface area (Å²) in [6.07, 6.45) is 6.43. The Hall–Kier alpha value is -2.02. The number of nitrogens with one attached hydrogen (secondary N) is 1. The number of rotatable bonds is 9. The second-order valence-electron chi connectivity index (χ2n) is 7.09. The normalized spacial score (nSPS) is 14.8. The Balaban J connectivity index is 1.46. The monoisotopic (exact) mass is 402 g/mol. The molecule has 1 saturated carbocycles. The van der Waals surface area contributed by atoms with Crippen LogP contribution in [0.4, 0.5) is 5.69 Å². The third-order valence-electron chi connectivity index (χ3n) is 5.17. The molecule has 0 radical (unpaired) electrons. The highest BCUT2D eigenvalue weighted by Gasteiger charge is 2.16. The largest absolute Gasteiger partial charge is 0.411 e. The van der Waals surface area contributed by atoms with Gasteiger partial charge in [-0.05, 0) is 51.0 Å². The molecule has 0 bridgehead atoms. The van der Waals surface area contributed by atoms with E-state index in [1.807, 2.05) is 12.1 Å². The molecular formula is C21H30N4O2S. The first-order valence-corrected chi connectivity index (χ1v) is 11.3. The summed E-state index contributed by atoms with van der Waals surface area (Å²) in [6, 6.07) is 8.53. The van der Waals surface area contributed by atoms with Crippen LogP contribution in [-0.2, 0) is 4.79 Å². The fourth-order valence-corrected chi connectivity index (χ4v) is 4.26. The van der Waals surface area contributed by atoms with Crippen molar-refractivity contribution in [3.8, 4) is 11.5 Å². The molecule has 28 heavy (non-hydrogen) atoms. The number of anilines is 1. The molecule has 0 spiro atoms. The van der Waals surface area contributed by atoms with Gasteiger partial charge >= 0.3 is 0 Å². The quantitative estimate of drug-likeness (QED) is 0.622. The molecule has 1 aliphatic rings. The van der Waals surface area contributed by atoms with Crippen LogP contribution in [0.3, 0.4) is 0 Å². The summed E-state index contributed by atoms with van der Waals surface area (Å²) in [4.78, 5) is 14.4. The number of carbonyl (C=O) groups excluding carboxylic acids is 1. The van der Waals surface area contributed by atoms with E-state index in [1.54, 1.807) is 0 Å². The highest BCUT2D eigenvalue weighted by molar-refractivity contribution is 7.99. The molecule has 3 rings (SSSR count). The van der Waals surface area contributed by atoms with E-state index in [0.29, 0.717) is 29.3 Å². The minimum Gasteiger partial charge on any atom is -0.411 e. The van der Waals surface area contributed by atoms with Crippen molar-refractivity contribution >= 4 is 23.4 Å². The van der Waals surface area contributed by atoms with Crippen molar-refractivity contribution in [1.82, 2.24) is 15.5 Å². The lowest BCUT2D eigenvalue weighted by Gasteiger charge is -2.22. The van der Waals surface area contributed by atoms with Gasteiger partial charge in [-0.3, -0.25) is 4.79 Å². The van der Waals surface area contributed by atoms with Crippen LogP contribution in [0, 0.1) is 0 Å². The molecule has 0 aliphatic heterocycles. The van der Waals surface area contributed by atoms with Crippen molar-refractivity contribution in [2.24, 2.45) is 0 Å². The van der Waals surface area contributed by atoms with Gasteiger partial charge < -0.3 is 14.6 Å². The molecule has 0 atom stereocenters. The zero-order valence-corrected chi connectivity index (χ0v) is 17.6. The topological polar surface area (TPSA) is 71.3 Å². The number of hydrogen-bond acceptors (Lipinski definition) is 6. The number of nitrogens with zero attached hydrogens (tertiary/aromatic N) is 3. The van der Waals surface area contributed by atoms with Crippen LogP contribution in [-0.4, -0.2) is 41.0 Å². The Morgan fingerprint density at radius 1 is 1.14 bits per heavy atom. The van der Waals surface area contributed by atoms with Gasteiger partial charge in [0, 0.05) is 42.6 Å². The molecule has 1 heterocycles. The number of aromatic nitrogens is 2. The fourth-order valence-electron chi connectivity index (χ4n) is 3.57. The van der Waals surface area contributed by atoms with Crippen molar-refractivity contribution < 1.29 is 9.21 Å². The lowest BCUT2D eigenvalue weighted by Crippen LogP contribution is -2.36. The summed E-state index contributed by atoms with van der Waals surface area (Å²) >= 11 is 1.43. The molecule has 1 amide bonds. The summed E-state index contributed by atoms with van der Waals surface area (Å²) in [6.45, 7) is 6.25. The van der Waals surface area contributed by atoms with Gasteiger partial charge in [-0.15, -0.1) is 10.2 Å². The van der Waals surface area contributed by atoms with E-state index in [1.165, 1.54) is 36.7 Å². The molecule has 7 heteroatoms. The third-order valence-corrected chi connectivity index (χ3v) is 5.99. The van der Waals surface area contributed by atoms with Crippen LogP contribution in [0.15, 0.2) is 33.9 Å². The Bertz CT molecular complexity index is 737. The van der Waals surface area contributed by atoms with E-state index in [-0.39, 0.29) is 5.91 Å². The van der Waals surface area contributed by atoms with Gasteiger partial charge in [0.15, 0.2) is 0 Å². The highest BCUT2D eigenvalue weighted by Crippen LogP contribution is 2.26. The van der Waals surface area contributed by atoms with Gasteiger partial charge in [0.05, 0.1) is 0 Å². The van der Waals surface area contributed by atoms with Crippen LogP contribution in [0.1, 0.15) is 52.4 Å². The van der Waals surface area contributed by atoms with Crippen LogP contribution in [0.2, 0.25) is 0 Å². The molecule has 152 valence electrons. The maximum Gasteiger partial charge on any atom is 0.276 e. The lowest BCUT2D eigenvalue weighted by atomic mass is 9.95. The maximum atomic E-state index is 12.1. The van der Waals surface area contributed by atoms with Crippen molar-refractivity contribution in [3.05, 3.63) is 24.3 Å². The summed E-state index contributed by atoms with van der Waals surface area (Å²) < 4.78 is 5.75. The average Bonchev–Trinajstić information content (AvgIpc) is 3.19. The van der Waals surface area contributed by atoms with Crippen molar-refractivity contribution in [2.45, 2.75) is 63.6 Å². The molecular weight excluding hydrogens is 372 g/mol. The zero-order valence-electron chi connectivity index (χ0n) is 16.8. The molecule has 0 unspecified atom stereocenters. The van der Waals surface area contributed by atoms with E-state index in [4.69, 9.17) is 4.42 Å². The van der Waals surface area contributed by atoms with E-state index in [2.05, 4.69) is 46.4 Å². The first-order chi connectivity index (χ1) is 13.7. The first kappa shape index (κ1) is 20.7. The molecule has 2 aromatic rings. The fraction of sp³-hybridized carbons (Fsp3) is 0.571. The maximum absolute atomic E-state index is 12.1. The predicted octanol–water partition coefficient (Wildman–Crippen LogP) is 4.51. The number of hydrogen-bond donors (Lipinski definition) is 1. The SMILES string of the molecule is CCN(CC)c1ccc(-c2nnc(SCCC(=O)NC3CCCCC3)o2)cc1. The zero-order chi connectivity index (χ0) is 19.8. The van der Waals surface area contributed by atoms with E-state index in [0.717, 1.165) is 31.5 Å². The van der Waals surface area contributed by atoms with Crippen molar-refractivity contribution in [1.29, 1.82) is 0 Å². The molecule has 1 N–H and O–H groups in total. The van der Waals surface area contributed by atoms with E-state index >= 15 is 0 Å². The van der Waals surface area contributed by atoms with E-state index < -0.39 is 0 Å². The van der Waals surface area contributed by atoms with Gasteiger partial charge in [-0.2, -0.15) is 0 Å².